The molecule has 2 atom stereocenters. The van der Waals surface area contributed by atoms with Crippen LogP contribution in [0, 0.1) is 11.3 Å². The van der Waals surface area contributed by atoms with Crippen molar-refractivity contribution in [3.8, 4) is 17.6 Å². The van der Waals surface area contributed by atoms with E-state index in [9.17, 15) is 15.2 Å². The van der Waals surface area contributed by atoms with Gasteiger partial charge in [0.15, 0.2) is 17.2 Å². The van der Waals surface area contributed by atoms with Gasteiger partial charge in [0.2, 0.25) is 5.91 Å². The van der Waals surface area contributed by atoms with Crippen molar-refractivity contribution in [2.75, 3.05) is 19.5 Å². The van der Waals surface area contributed by atoms with E-state index in [0.717, 1.165) is 5.56 Å². The number of nitriles is 1. The third-order valence-corrected chi connectivity index (χ3v) is 6.98. The summed E-state index contributed by atoms with van der Waals surface area (Å²) >= 11 is 7.29. The molecule has 4 rings (SSSR count). The number of halogens is 1. The molecule has 160 valence electrons. The van der Waals surface area contributed by atoms with E-state index in [2.05, 4.69) is 6.07 Å². The zero-order valence-corrected chi connectivity index (χ0v) is 18.7. The smallest absolute Gasteiger partial charge is 0.231 e. The van der Waals surface area contributed by atoms with Crippen molar-refractivity contribution < 1.29 is 19.4 Å². The number of aliphatic hydroxyl groups is 1. The number of carbonyl (C=O) groups is 1. The normalized spacial score (nSPS) is 22.9. The summed E-state index contributed by atoms with van der Waals surface area (Å²) in [4.78, 5) is 14.6. The molecule has 0 spiro atoms. The van der Waals surface area contributed by atoms with Gasteiger partial charge in [0.05, 0.1) is 36.1 Å². The molecule has 0 bridgehead atoms. The van der Waals surface area contributed by atoms with Gasteiger partial charge in [-0.25, -0.2) is 0 Å². The molecule has 2 aliphatic heterocycles. The van der Waals surface area contributed by atoms with Crippen molar-refractivity contribution >= 4 is 29.3 Å². The van der Waals surface area contributed by atoms with Crippen LogP contribution in [0.3, 0.4) is 0 Å². The molecule has 0 aliphatic carbocycles. The Hall–Kier alpha value is -2.66. The summed E-state index contributed by atoms with van der Waals surface area (Å²) in [6, 6.07) is 14.5. The van der Waals surface area contributed by atoms with Gasteiger partial charge in [-0.05, 0) is 36.8 Å². The lowest BCUT2D eigenvalue weighted by Gasteiger charge is -2.38. The molecule has 1 fully saturated rings. The Kier molecular flexibility index (Phi) is 5.89. The highest BCUT2D eigenvalue weighted by Crippen LogP contribution is 2.52. The molecule has 31 heavy (non-hydrogen) atoms. The fourth-order valence-corrected chi connectivity index (χ4v) is 5.50. The molecular formula is C23H21ClN2O4S. The SMILES string of the molecule is CCOc1ccc([C@@H]2CC(=O)N3C(=C2C#N)SC[C@]3(O)c2ccc(Cl)cc2)cc1OC. The lowest BCUT2D eigenvalue weighted by atomic mass is 9.85. The number of benzene rings is 2. The van der Waals surface area contributed by atoms with E-state index in [1.807, 2.05) is 19.1 Å². The molecular weight excluding hydrogens is 436 g/mol. The predicted octanol–water partition coefficient (Wildman–Crippen LogP) is 4.39. The molecule has 8 heteroatoms. The van der Waals surface area contributed by atoms with Crippen LogP contribution >= 0.6 is 23.4 Å². The molecule has 1 N–H and O–H groups in total. The van der Waals surface area contributed by atoms with Crippen molar-refractivity contribution in [3.05, 3.63) is 69.2 Å². The minimum atomic E-state index is -1.52. The summed E-state index contributed by atoms with van der Waals surface area (Å²) in [6.45, 7) is 2.39. The summed E-state index contributed by atoms with van der Waals surface area (Å²) in [5, 5.41) is 22.4. The topological polar surface area (TPSA) is 82.8 Å². The molecule has 2 aromatic carbocycles. The Morgan fingerprint density at radius 3 is 2.68 bits per heavy atom. The van der Waals surface area contributed by atoms with Gasteiger partial charge < -0.3 is 14.6 Å². The highest BCUT2D eigenvalue weighted by Gasteiger charge is 2.51. The second kappa shape index (κ2) is 8.46. The van der Waals surface area contributed by atoms with Crippen LogP contribution in [0.2, 0.25) is 5.02 Å². The van der Waals surface area contributed by atoms with Gasteiger partial charge in [0.1, 0.15) is 0 Å². The van der Waals surface area contributed by atoms with Crippen molar-refractivity contribution in [1.29, 1.82) is 5.26 Å². The van der Waals surface area contributed by atoms with Gasteiger partial charge >= 0.3 is 0 Å². The number of ether oxygens (including phenoxy) is 2. The number of hydrogen-bond donors (Lipinski definition) is 1. The second-order valence-electron chi connectivity index (χ2n) is 7.27. The molecule has 0 aromatic heterocycles. The maximum absolute atomic E-state index is 13.2. The number of hydrogen-bond acceptors (Lipinski definition) is 6. The van der Waals surface area contributed by atoms with Crippen molar-refractivity contribution in [3.63, 3.8) is 0 Å². The number of fused-ring (bicyclic) bond motifs is 1. The largest absolute Gasteiger partial charge is 0.493 e. The third-order valence-electron chi connectivity index (χ3n) is 5.51. The number of nitrogens with zero attached hydrogens (tertiary/aromatic N) is 2. The summed E-state index contributed by atoms with van der Waals surface area (Å²) in [5.74, 6) is 0.729. The minimum absolute atomic E-state index is 0.0694. The highest BCUT2D eigenvalue weighted by molar-refractivity contribution is 8.03. The van der Waals surface area contributed by atoms with Gasteiger partial charge in [0.25, 0.3) is 0 Å². The van der Waals surface area contributed by atoms with Gasteiger partial charge in [0, 0.05) is 22.9 Å². The van der Waals surface area contributed by atoms with Crippen LogP contribution in [0.5, 0.6) is 11.5 Å². The molecule has 0 saturated carbocycles. The first kappa shape index (κ1) is 21.6. The zero-order valence-electron chi connectivity index (χ0n) is 17.1. The van der Waals surface area contributed by atoms with Crippen LogP contribution in [0.1, 0.15) is 30.4 Å². The fraction of sp³-hybridized carbons (Fsp3) is 0.304. The first-order valence-electron chi connectivity index (χ1n) is 9.82. The van der Waals surface area contributed by atoms with Crippen LogP contribution in [0.15, 0.2) is 53.1 Å². The van der Waals surface area contributed by atoms with Crippen LogP contribution in [-0.4, -0.2) is 35.4 Å². The van der Waals surface area contributed by atoms with Gasteiger partial charge in [-0.3, -0.25) is 9.69 Å². The number of amides is 1. The number of rotatable bonds is 5. The van der Waals surface area contributed by atoms with E-state index in [1.165, 1.54) is 16.7 Å². The summed E-state index contributed by atoms with van der Waals surface area (Å²) in [5.41, 5.74) is 0.289. The molecule has 0 radical (unpaired) electrons. The average Bonchev–Trinajstić information content (AvgIpc) is 3.13. The molecule has 0 unspecified atom stereocenters. The van der Waals surface area contributed by atoms with E-state index >= 15 is 0 Å². The molecule has 6 nitrogen and oxygen atoms in total. The summed E-state index contributed by atoms with van der Waals surface area (Å²) in [6.07, 6.45) is 0.0694. The Labute approximate surface area is 190 Å². The van der Waals surface area contributed by atoms with E-state index in [1.54, 1.807) is 37.4 Å². The number of methoxy groups -OCH3 is 1. The Morgan fingerprint density at radius 2 is 2.03 bits per heavy atom. The zero-order chi connectivity index (χ0) is 22.2. The molecule has 2 aliphatic rings. The Balaban J connectivity index is 1.76. The van der Waals surface area contributed by atoms with E-state index in [4.69, 9.17) is 21.1 Å². The number of allylic oxidation sites excluding steroid dienone is 1. The third kappa shape index (κ3) is 3.65. The van der Waals surface area contributed by atoms with E-state index in [-0.39, 0.29) is 18.1 Å². The molecule has 2 aromatic rings. The van der Waals surface area contributed by atoms with Crippen LogP contribution in [0.4, 0.5) is 0 Å². The lowest BCUT2D eigenvalue weighted by Crippen LogP contribution is -2.48. The van der Waals surface area contributed by atoms with Crippen molar-refractivity contribution in [2.45, 2.75) is 25.0 Å². The van der Waals surface area contributed by atoms with Crippen LogP contribution < -0.4 is 9.47 Å². The van der Waals surface area contributed by atoms with Crippen LogP contribution in [-0.2, 0) is 10.5 Å². The monoisotopic (exact) mass is 456 g/mol. The van der Waals surface area contributed by atoms with E-state index < -0.39 is 11.6 Å². The maximum Gasteiger partial charge on any atom is 0.231 e. The molecule has 1 amide bonds. The van der Waals surface area contributed by atoms with Gasteiger partial charge in [-0.1, -0.05) is 29.8 Å². The quantitative estimate of drug-likeness (QED) is 0.718. The molecule has 1 saturated heterocycles. The highest BCUT2D eigenvalue weighted by atomic mass is 35.5. The minimum Gasteiger partial charge on any atom is -0.493 e. The van der Waals surface area contributed by atoms with E-state index in [0.29, 0.717) is 39.3 Å². The Morgan fingerprint density at radius 1 is 1.29 bits per heavy atom. The molecule has 2 heterocycles. The number of thioether (sulfide) groups is 1. The van der Waals surface area contributed by atoms with Crippen LogP contribution in [0.25, 0.3) is 0 Å². The Bertz CT molecular complexity index is 1100. The lowest BCUT2D eigenvalue weighted by molar-refractivity contribution is -0.149. The summed E-state index contributed by atoms with van der Waals surface area (Å²) < 4.78 is 11.0. The average molecular weight is 457 g/mol. The fourth-order valence-electron chi connectivity index (χ4n) is 4.02. The van der Waals surface area contributed by atoms with Crippen molar-refractivity contribution in [2.24, 2.45) is 0 Å². The number of carbonyl (C=O) groups excluding carboxylic acids is 1. The van der Waals surface area contributed by atoms with Crippen molar-refractivity contribution in [1.82, 2.24) is 4.90 Å². The first-order chi connectivity index (χ1) is 14.9. The van der Waals surface area contributed by atoms with Gasteiger partial charge in [-0.15, -0.1) is 11.8 Å². The standard InChI is InChI=1S/C23H21ClN2O4S/c1-3-30-19-9-4-14(10-20(19)29-2)17-11-21(27)26-22(18(17)12-25)31-13-23(26,28)15-5-7-16(24)8-6-15/h4-10,17,28H,3,11,13H2,1-2H3/t17-,23-/m0/s1. The van der Waals surface area contributed by atoms with Gasteiger partial charge in [-0.2, -0.15) is 5.26 Å². The second-order valence-corrected chi connectivity index (χ2v) is 8.67. The maximum atomic E-state index is 13.2. The predicted molar refractivity (Wildman–Crippen MR) is 119 cm³/mol. The first-order valence-corrected chi connectivity index (χ1v) is 11.2. The summed E-state index contributed by atoms with van der Waals surface area (Å²) in [7, 11) is 1.55.